The number of unbranched alkanes of at least 4 members (excludes halogenated alkanes) is 2. The van der Waals surface area contributed by atoms with Crippen LogP contribution in [0, 0.1) is 5.92 Å². The van der Waals surface area contributed by atoms with E-state index in [1.54, 1.807) is 12.1 Å². The van der Waals surface area contributed by atoms with Crippen molar-refractivity contribution in [3.8, 4) is 5.75 Å². The van der Waals surface area contributed by atoms with E-state index in [-0.39, 0.29) is 12.0 Å². The smallest absolute Gasteiger partial charge is 0.428 e. The Labute approximate surface area is 151 Å². The second-order valence-corrected chi connectivity index (χ2v) is 6.61. The van der Waals surface area contributed by atoms with Crippen LogP contribution in [0.2, 0.25) is 0 Å². The molecule has 0 saturated carbocycles. The molecule has 1 heterocycles. The van der Waals surface area contributed by atoms with Crippen LogP contribution in [0.3, 0.4) is 0 Å². The van der Waals surface area contributed by atoms with Gasteiger partial charge in [-0.2, -0.15) is 17.6 Å². The molecule has 0 amide bonds. The summed E-state index contributed by atoms with van der Waals surface area (Å²) >= 11 is 0. The number of rotatable bonds is 10. The topological polar surface area (TPSA) is 27.7 Å². The van der Waals surface area contributed by atoms with Gasteiger partial charge < -0.3 is 14.2 Å². The normalized spacial score (nSPS) is 21.2. The number of hydrogen-bond acceptors (Lipinski definition) is 3. The molecule has 0 N–H and O–H groups in total. The van der Waals surface area contributed by atoms with Gasteiger partial charge in [0.25, 0.3) is 0 Å². The Morgan fingerprint density at radius 2 is 1.73 bits per heavy atom. The summed E-state index contributed by atoms with van der Waals surface area (Å²) in [5, 5.41) is 0. The fourth-order valence-corrected chi connectivity index (χ4v) is 2.81. The van der Waals surface area contributed by atoms with Crippen LogP contribution >= 0.6 is 0 Å². The van der Waals surface area contributed by atoms with Crippen LogP contribution in [0.5, 0.6) is 5.75 Å². The van der Waals surface area contributed by atoms with Gasteiger partial charge in [0.1, 0.15) is 5.75 Å². The van der Waals surface area contributed by atoms with Gasteiger partial charge in [-0.1, -0.05) is 38.3 Å². The summed E-state index contributed by atoms with van der Waals surface area (Å²) in [6, 6.07) is 5.68. The van der Waals surface area contributed by atoms with Crippen LogP contribution in [0.4, 0.5) is 17.6 Å². The van der Waals surface area contributed by atoms with Crippen LogP contribution in [-0.2, 0) is 15.9 Å². The first kappa shape index (κ1) is 21.0. The molecule has 0 unspecified atom stereocenters. The quantitative estimate of drug-likeness (QED) is 0.402. The Balaban J connectivity index is 1.70. The van der Waals surface area contributed by atoms with Crippen molar-refractivity contribution in [2.75, 3.05) is 13.2 Å². The van der Waals surface area contributed by atoms with E-state index >= 15 is 0 Å². The van der Waals surface area contributed by atoms with Gasteiger partial charge in [-0.15, -0.1) is 0 Å². The maximum atomic E-state index is 12.8. The maximum Gasteiger partial charge on any atom is 0.461 e. The Kier molecular flexibility index (Phi) is 8.15. The molecule has 1 aromatic carbocycles. The molecule has 26 heavy (non-hydrogen) atoms. The largest absolute Gasteiger partial charge is 0.461 e. The van der Waals surface area contributed by atoms with E-state index < -0.39 is 12.5 Å². The van der Waals surface area contributed by atoms with Crippen LogP contribution < -0.4 is 4.74 Å². The third kappa shape index (κ3) is 6.76. The Morgan fingerprint density at radius 3 is 2.31 bits per heavy atom. The molecule has 0 radical (unpaired) electrons. The lowest BCUT2D eigenvalue weighted by Crippen LogP contribution is -2.33. The van der Waals surface area contributed by atoms with E-state index in [0.717, 1.165) is 12.0 Å². The molecule has 1 aliphatic rings. The number of aryl methyl sites for hydroxylation is 1. The highest BCUT2D eigenvalue weighted by molar-refractivity contribution is 5.27. The molecule has 0 aromatic heterocycles. The molecule has 0 aliphatic carbocycles. The van der Waals surface area contributed by atoms with Gasteiger partial charge in [-0.3, -0.25) is 0 Å². The van der Waals surface area contributed by atoms with Crippen LogP contribution in [0.1, 0.15) is 44.6 Å². The number of alkyl halides is 4. The molecule has 2 rings (SSSR count). The van der Waals surface area contributed by atoms with Gasteiger partial charge in [-0.05, 0) is 30.5 Å². The molecule has 7 heteroatoms. The molecular formula is C19H26F4O3. The highest BCUT2D eigenvalue weighted by Crippen LogP contribution is 2.28. The third-order valence-corrected chi connectivity index (χ3v) is 4.35. The Bertz CT molecular complexity index is 514. The van der Waals surface area contributed by atoms with E-state index in [9.17, 15) is 17.6 Å². The van der Waals surface area contributed by atoms with E-state index in [0.29, 0.717) is 32.0 Å². The summed E-state index contributed by atoms with van der Waals surface area (Å²) in [6.45, 7) is 3.57. The number of benzene rings is 1. The lowest BCUT2D eigenvalue weighted by Gasteiger charge is -2.29. The van der Waals surface area contributed by atoms with Gasteiger partial charge >= 0.3 is 12.5 Å². The first-order valence-electron chi connectivity index (χ1n) is 9.08. The zero-order chi connectivity index (χ0) is 19.0. The lowest BCUT2D eigenvalue weighted by molar-refractivity contribution is -0.253. The average Bonchev–Trinajstić information content (AvgIpc) is 2.62. The van der Waals surface area contributed by atoms with Crippen molar-refractivity contribution in [2.24, 2.45) is 5.92 Å². The van der Waals surface area contributed by atoms with E-state index in [1.807, 2.05) is 0 Å². The highest BCUT2D eigenvalue weighted by atomic mass is 19.3. The summed E-state index contributed by atoms with van der Waals surface area (Å²) in [5.74, 6) is 0.157. The van der Waals surface area contributed by atoms with Crippen molar-refractivity contribution >= 4 is 0 Å². The van der Waals surface area contributed by atoms with Crippen LogP contribution in [-0.4, -0.2) is 32.0 Å². The minimum Gasteiger partial charge on any atom is -0.428 e. The van der Waals surface area contributed by atoms with Gasteiger partial charge in [-0.25, -0.2) is 0 Å². The predicted molar refractivity (Wildman–Crippen MR) is 89.7 cm³/mol. The molecule has 0 bridgehead atoms. The standard InChI is InChI=1S/C19H26F4O3/c1-2-3-4-5-15-12-24-17(25-13-15)11-8-14-6-9-16(10-7-14)26-19(22,23)18(20)21/h6-7,9-10,15,17-18H,2-5,8,11-13H2,1H3. The lowest BCUT2D eigenvalue weighted by atomic mass is 10.0. The molecule has 1 fully saturated rings. The Morgan fingerprint density at radius 1 is 1.08 bits per heavy atom. The Hall–Kier alpha value is -1.34. The third-order valence-electron chi connectivity index (χ3n) is 4.35. The summed E-state index contributed by atoms with van der Waals surface area (Å²) in [6.07, 6.45) is -2.61. The first-order chi connectivity index (χ1) is 12.4. The van der Waals surface area contributed by atoms with Crippen molar-refractivity contribution in [3.05, 3.63) is 29.8 Å². The monoisotopic (exact) mass is 378 g/mol. The van der Waals surface area contributed by atoms with Gasteiger partial charge in [0.2, 0.25) is 0 Å². The first-order valence-corrected chi connectivity index (χ1v) is 9.08. The van der Waals surface area contributed by atoms with E-state index in [2.05, 4.69) is 11.7 Å². The fourth-order valence-electron chi connectivity index (χ4n) is 2.81. The number of hydrogen-bond donors (Lipinski definition) is 0. The van der Waals surface area contributed by atoms with Gasteiger partial charge in [0.15, 0.2) is 6.29 Å². The molecule has 1 saturated heterocycles. The molecule has 1 aromatic rings. The second kappa shape index (κ2) is 10.1. The zero-order valence-corrected chi connectivity index (χ0v) is 14.9. The van der Waals surface area contributed by atoms with Crippen LogP contribution in [0.25, 0.3) is 0 Å². The predicted octanol–water partition coefficient (Wildman–Crippen LogP) is 5.43. The van der Waals surface area contributed by atoms with Crippen molar-refractivity contribution < 1.29 is 31.8 Å². The molecule has 3 nitrogen and oxygen atoms in total. The summed E-state index contributed by atoms with van der Waals surface area (Å²) in [4.78, 5) is 0. The summed E-state index contributed by atoms with van der Waals surface area (Å²) in [7, 11) is 0. The van der Waals surface area contributed by atoms with Crippen LogP contribution in [0.15, 0.2) is 24.3 Å². The highest BCUT2D eigenvalue weighted by Gasteiger charge is 2.43. The number of ether oxygens (including phenoxy) is 3. The second-order valence-electron chi connectivity index (χ2n) is 6.61. The number of halogens is 4. The molecule has 0 atom stereocenters. The molecule has 0 spiro atoms. The van der Waals surface area contributed by atoms with Gasteiger partial charge in [0, 0.05) is 12.3 Å². The van der Waals surface area contributed by atoms with Gasteiger partial charge in [0.05, 0.1) is 13.2 Å². The summed E-state index contributed by atoms with van der Waals surface area (Å²) in [5.41, 5.74) is 0.870. The molecule has 148 valence electrons. The minimum atomic E-state index is -4.49. The van der Waals surface area contributed by atoms with Crippen molar-refractivity contribution in [1.82, 2.24) is 0 Å². The van der Waals surface area contributed by atoms with E-state index in [4.69, 9.17) is 9.47 Å². The molecular weight excluding hydrogens is 352 g/mol. The minimum absolute atomic E-state index is 0.267. The maximum absolute atomic E-state index is 12.8. The van der Waals surface area contributed by atoms with E-state index in [1.165, 1.54) is 31.4 Å². The van der Waals surface area contributed by atoms with Crippen molar-refractivity contribution in [2.45, 2.75) is 64.3 Å². The summed E-state index contributed by atoms with van der Waals surface area (Å²) < 4.78 is 65.4. The van der Waals surface area contributed by atoms with Crippen molar-refractivity contribution in [3.63, 3.8) is 0 Å². The van der Waals surface area contributed by atoms with Crippen molar-refractivity contribution in [1.29, 1.82) is 0 Å². The fraction of sp³-hybridized carbons (Fsp3) is 0.684. The zero-order valence-electron chi connectivity index (χ0n) is 14.9. The average molecular weight is 378 g/mol. The molecule has 1 aliphatic heterocycles. The SMILES string of the molecule is CCCCCC1COC(CCc2ccc(OC(F)(F)C(F)F)cc2)OC1.